The normalized spacial score (nSPS) is 17.6. The largest absolute Gasteiger partial charge is 0.375 e. The highest BCUT2D eigenvalue weighted by molar-refractivity contribution is 7.98. The summed E-state index contributed by atoms with van der Waals surface area (Å²) < 4.78 is 7.53. The van der Waals surface area contributed by atoms with E-state index >= 15 is 0 Å². The van der Waals surface area contributed by atoms with Crippen LogP contribution in [0, 0.1) is 0 Å². The van der Waals surface area contributed by atoms with Gasteiger partial charge in [-0.05, 0) is 43.3 Å². The average Bonchev–Trinajstić information content (AvgIpc) is 3.09. The Labute approximate surface area is 157 Å². The summed E-state index contributed by atoms with van der Waals surface area (Å²) in [5, 5.41) is 0. The monoisotopic (exact) mass is 367 g/mol. The van der Waals surface area contributed by atoms with Crippen LogP contribution in [-0.2, 0) is 10.5 Å². The quantitative estimate of drug-likeness (QED) is 0.662. The van der Waals surface area contributed by atoms with Crippen molar-refractivity contribution in [1.82, 2.24) is 14.3 Å². The molecule has 4 rings (SSSR count). The summed E-state index contributed by atoms with van der Waals surface area (Å²) in [7, 11) is 0. The van der Waals surface area contributed by atoms with Crippen LogP contribution in [0.4, 0.5) is 0 Å². The maximum absolute atomic E-state index is 12.6. The number of morpholine rings is 1. The molecule has 0 N–H and O–H groups in total. The number of aromatic nitrogens is 2. The highest BCUT2D eigenvalue weighted by Gasteiger charge is 2.22. The Balaban J connectivity index is 1.38. The van der Waals surface area contributed by atoms with Gasteiger partial charge in [-0.15, -0.1) is 11.8 Å². The minimum Gasteiger partial charge on any atom is -0.375 e. The zero-order chi connectivity index (χ0) is 17.9. The molecule has 1 aromatic carbocycles. The molecule has 0 bridgehead atoms. The Morgan fingerprint density at radius 2 is 2.12 bits per heavy atom. The van der Waals surface area contributed by atoms with Crippen molar-refractivity contribution in [1.29, 1.82) is 0 Å². The summed E-state index contributed by atoms with van der Waals surface area (Å²) >= 11 is 1.72. The van der Waals surface area contributed by atoms with Gasteiger partial charge in [0.1, 0.15) is 5.65 Å². The fourth-order valence-corrected chi connectivity index (χ4v) is 3.88. The summed E-state index contributed by atoms with van der Waals surface area (Å²) in [6.07, 6.45) is 4.16. The zero-order valence-electron chi connectivity index (χ0n) is 14.7. The van der Waals surface area contributed by atoms with E-state index in [2.05, 4.69) is 11.2 Å². The number of rotatable bonds is 4. The second kappa shape index (κ2) is 7.51. The first-order chi connectivity index (χ1) is 12.7. The van der Waals surface area contributed by atoms with Crippen LogP contribution in [0.3, 0.4) is 0 Å². The van der Waals surface area contributed by atoms with Crippen LogP contribution in [0.2, 0.25) is 0 Å². The van der Waals surface area contributed by atoms with E-state index in [0.29, 0.717) is 19.7 Å². The summed E-state index contributed by atoms with van der Waals surface area (Å²) in [4.78, 5) is 20.2. The Bertz CT molecular complexity index is 874. The van der Waals surface area contributed by atoms with Gasteiger partial charge in [-0.1, -0.05) is 6.07 Å². The van der Waals surface area contributed by atoms with Crippen molar-refractivity contribution in [2.75, 3.05) is 19.7 Å². The molecule has 6 heteroatoms. The van der Waals surface area contributed by atoms with E-state index in [4.69, 9.17) is 4.74 Å². The van der Waals surface area contributed by atoms with Crippen molar-refractivity contribution >= 4 is 23.3 Å². The molecule has 134 valence electrons. The van der Waals surface area contributed by atoms with E-state index in [1.54, 1.807) is 11.8 Å². The molecule has 1 unspecified atom stereocenters. The molecule has 3 aromatic rings. The number of hydrogen-bond donors (Lipinski definition) is 0. The number of pyridine rings is 1. The van der Waals surface area contributed by atoms with Gasteiger partial charge in [0.15, 0.2) is 0 Å². The van der Waals surface area contributed by atoms with Crippen LogP contribution in [0.5, 0.6) is 0 Å². The molecule has 1 fully saturated rings. The van der Waals surface area contributed by atoms with Gasteiger partial charge in [-0.25, -0.2) is 4.98 Å². The number of ether oxygens (including phenoxy) is 1. The van der Waals surface area contributed by atoms with Gasteiger partial charge in [-0.3, -0.25) is 4.79 Å². The Kier molecular flexibility index (Phi) is 4.95. The SMILES string of the molecule is CC1CN(C(=O)c2ccc(SCc3cn4ccccc4n3)cc2)CCO1. The molecule has 0 saturated carbocycles. The first kappa shape index (κ1) is 17.1. The standard InChI is InChI=1S/C20H21N3O2S/c1-15-12-23(10-11-25-15)20(24)16-5-7-18(8-6-16)26-14-17-13-22-9-3-2-4-19(22)21-17/h2-9,13,15H,10-12,14H2,1H3. The minimum atomic E-state index is 0.0806. The van der Waals surface area contributed by atoms with Crippen molar-refractivity contribution in [2.24, 2.45) is 0 Å². The van der Waals surface area contributed by atoms with Crippen molar-refractivity contribution in [2.45, 2.75) is 23.7 Å². The summed E-state index contributed by atoms with van der Waals surface area (Å²) in [5.74, 6) is 0.882. The molecule has 1 aliphatic rings. The first-order valence-electron chi connectivity index (χ1n) is 8.75. The van der Waals surface area contributed by atoms with Crippen molar-refractivity contribution < 1.29 is 9.53 Å². The van der Waals surface area contributed by atoms with Gasteiger partial charge >= 0.3 is 0 Å². The number of benzene rings is 1. The zero-order valence-corrected chi connectivity index (χ0v) is 15.5. The highest BCUT2D eigenvalue weighted by Crippen LogP contribution is 2.23. The Morgan fingerprint density at radius 1 is 1.27 bits per heavy atom. The van der Waals surface area contributed by atoms with Crippen LogP contribution in [-0.4, -0.2) is 46.0 Å². The van der Waals surface area contributed by atoms with E-state index < -0.39 is 0 Å². The number of imidazole rings is 1. The number of fused-ring (bicyclic) bond motifs is 1. The lowest BCUT2D eigenvalue weighted by molar-refractivity contribution is -0.0124. The molecule has 1 atom stereocenters. The van der Waals surface area contributed by atoms with Gasteiger partial charge in [0.25, 0.3) is 5.91 Å². The molecule has 0 aliphatic carbocycles. The molecule has 1 aliphatic heterocycles. The van der Waals surface area contributed by atoms with Gasteiger partial charge in [0.05, 0.1) is 18.4 Å². The first-order valence-corrected chi connectivity index (χ1v) is 9.74. The van der Waals surface area contributed by atoms with Gasteiger partial charge in [0.2, 0.25) is 0 Å². The van der Waals surface area contributed by atoms with Crippen molar-refractivity contribution in [3.05, 3.63) is 66.1 Å². The predicted molar refractivity (Wildman–Crippen MR) is 103 cm³/mol. The highest BCUT2D eigenvalue weighted by atomic mass is 32.2. The Morgan fingerprint density at radius 3 is 2.88 bits per heavy atom. The van der Waals surface area contributed by atoms with E-state index in [9.17, 15) is 4.79 Å². The molecular weight excluding hydrogens is 346 g/mol. The smallest absolute Gasteiger partial charge is 0.254 e. The van der Waals surface area contributed by atoms with Crippen LogP contribution >= 0.6 is 11.8 Å². The van der Waals surface area contributed by atoms with Gasteiger partial charge in [-0.2, -0.15) is 0 Å². The molecule has 0 spiro atoms. The third-order valence-corrected chi connectivity index (χ3v) is 5.48. The molecule has 2 aromatic heterocycles. The number of amides is 1. The lowest BCUT2D eigenvalue weighted by Crippen LogP contribution is -2.44. The van der Waals surface area contributed by atoms with E-state index in [0.717, 1.165) is 27.6 Å². The van der Waals surface area contributed by atoms with E-state index in [1.165, 1.54) is 0 Å². The fourth-order valence-electron chi connectivity index (χ4n) is 3.09. The summed E-state index contributed by atoms with van der Waals surface area (Å²) in [6.45, 7) is 3.93. The number of hydrogen-bond acceptors (Lipinski definition) is 4. The number of carbonyl (C=O) groups is 1. The van der Waals surface area contributed by atoms with Crippen molar-refractivity contribution in [3.8, 4) is 0 Å². The molecule has 3 heterocycles. The lowest BCUT2D eigenvalue weighted by atomic mass is 10.2. The number of carbonyl (C=O) groups excluding carboxylic acids is 1. The molecule has 0 radical (unpaired) electrons. The summed E-state index contributed by atoms with van der Waals surface area (Å²) in [6, 6.07) is 13.8. The van der Waals surface area contributed by atoms with E-state index in [-0.39, 0.29) is 12.0 Å². The van der Waals surface area contributed by atoms with Crippen LogP contribution in [0.15, 0.2) is 59.8 Å². The lowest BCUT2D eigenvalue weighted by Gasteiger charge is -2.31. The van der Waals surface area contributed by atoms with E-state index in [1.807, 2.05) is 64.9 Å². The summed E-state index contributed by atoms with van der Waals surface area (Å²) in [5.41, 5.74) is 2.74. The Hall–Kier alpha value is -2.31. The van der Waals surface area contributed by atoms with Gasteiger partial charge in [0, 0.05) is 41.7 Å². The number of thioether (sulfide) groups is 1. The molecule has 1 saturated heterocycles. The van der Waals surface area contributed by atoms with Crippen LogP contribution in [0.25, 0.3) is 5.65 Å². The van der Waals surface area contributed by atoms with Crippen LogP contribution < -0.4 is 0 Å². The third kappa shape index (κ3) is 3.76. The minimum absolute atomic E-state index is 0.0806. The van der Waals surface area contributed by atoms with Crippen molar-refractivity contribution in [3.63, 3.8) is 0 Å². The topological polar surface area (TPSA) is 46.8 Å². The fraction of sp³-hybridized carbons (Fsp3) is 0.300. The molecule has 1 amide bonds. The molecule has 26 heavy (non-hydrogen) atoms. The van der Waals surface area contributed by atoms with Gasteiger partial charge < -0.3 is 14.0 Å². The number of nitrogens with zero attached hydrogens (tertiary/aromatic N) is 3. The predicted octanol–water partition coefficient (Wildman–Crippen LogP) is 3.49. The maximum atomic E-state index is 12.6. The second-order valence-electron chi connectivity index (χ2n) is 6.44. The molecule has 5 nitrogen and oxygen atoms in total. The maximum Gasteiger partial charge on any atom is 0.254 e. The third-order valence-electron chi connectivity index (χ3n) is 4.43. The molecular formula is C20H21N3O2S. The van der Waals surface area contributed by atoms with Crippen LogP contribution in [0.1, 0.15) is 23.0 Å². The average molecular weight is 367 g/mol. The second-order valence-corrected chi connectivity index (χ2v) is 7.49.